The average Bonchev–Trinajstić information content (AvgIpc) is 3.24. The number of aryl methyl sites for hydroxylation is 1. The Hall–Kier alpha value is -3.39. The zero-order valence-electron chi connectivity index (χ0n) is 20.0. The maximum Gasteiger partial charge on any atom is 0.210 e. The van der Waals surface area contributed by atoms with Crippen molar-refractivity contribution in [2.24, 2.45) is 7.05 Å². The van der Waals surface area contributed by atoms with Crippen molar-refractivity contribution in [3.8, 4) is 11.5 Å². The van der Waals surface area contributed by atoms with Crippen LogP contribution in [0.5, 0.6) is 11.5 Å². The van der Waals surface area contributed by atoms with Gasteiger partial charge in [0.2, 0.25) is 5.78 Å². The Morgan fingerprint density at radius 2 is 1.68 bits per heavy atom. The van der Waals surface area contributed by atoms with Gasteiger partial charge in [-0.1, -0.05) is 12.1 Å². The highest BCUT2D eigenvalue weighted by Gasteiger charge is 2.31. The largest absolute Gasteiger partial charge is 0.497 e. The van der Waals surface area contributed by atoms with Gasteiger partial charge in [0.05, 0.1) is 14.2 Å². The van der Waals surface area contributed by atoms with Crippen LogP contribution in [0, 0.1) is 5.82 Å². The van der Waals surface area contributed by atoms with E-state index < -0.39 is 6.04 Å². The van der Waals surface area contributed by atoms with Gasteiger partial charge in [-0.15, -0.1) is 0 Å². The van der Waals surface area contributed by atoms with E-state index >= 15 is 0 Å². The number of carbonyl (C=O) groups excluding carboxylic acids is 1. The lowest BCUT2D eigenvalue weighted by atomic mass is 9.87. The number of aromatic nitrogens is 2. The molecule has 2 heterocycles. The zero-order valence-corrected chi connectivity index (χ0v) is 20.0. The van der Waals surface area contributed by atoms with E-state index in [1.807, 2.05) is 13.2 Å². The van der Waals surface area contributed by atoms with Gasteiger partial charge in [0, 0.05) is 42.7 Å². The Morgan fingerprint density at radius 3 is 2.26 bits per heavy atom. The molecule has 1 N–H and O–H groups in total. The van der Waals surface area contributed by atoms with Crippen LogP contribution in [0.15, 0.2) is 48.7 Å². The number of Topliss-reactive ketones (excluding diaryl/α,β-unsaturated/α-hetero) is 1. The molecule has 0 bridgehead atoms. The van der Waals surface area contributed by atoms with Crippen molar-refractivity contribution >= 4 is 11.5 Å². The fraction of sp³-hybridized carbons (Fsp3) is 0.385. The second-order valence-corrected chi connectivity index (χ2v) is 8.78. The molecule has 0 aliphatic carbocycles. The Kier molecular flexibility index (Phi) is 7.17. The highest BCUT2D eigenvalue weighted by Crippen LogP contribution is 2.34. The second-order valence-electron chi connectivity index (χ2n) is 8.78. The van der Waals surface area contributed by atoms with E-state index in [1.54, 1.807) is 49.2 Å². The van der Waals surface area contributed by atoms with Gasteiger partial charge >= 0.3 is 0 Å². The van der Waals surface area contributed by atoms with Crippen LogP contribution in [0.2, 0.25) is 0 Å². The van der Waals surface area contributed by atoms with E-state index in [4.69, 9.17) is 9.47 Å². The van der Waals surface area contributed by atoms with Crippen LogP contribution in [-0.4, -0.2) is 54.8 Å². The normalized spacial score (nSPS) is 15.7. The van der Waals surface area contributed by atoms with Crippen molar-refractivity contribution < 1.29 is 18.7 Å². The lowest BCUT2D eigenvalue weighted by molar-refractivity contribution is 0.0962. The number of carbonyl (C=O) groups is 1. The van der Waals surface area contributed by atoms with Crippen molar-refractivity contribution in [2.75, 3.05) is 39.7 Å². The molecule has 3 aromatic rings. The van der Waals surface area contributed by atoms with Crippen molar-refractivity contribution in [2.45, 2.75) is 24.8 Å². The first-order chi connectivity index (χ1) is 16.4. The van der Waals surface area contributed by atoms with Crippen molar-refractivity contribution in [3.63, 3.8) is 0 Å². The third kappa shape index (κ3) is 5.22. The molecule has 1 aliphatic rings. The second kappa shape index (κ2) is 10.3. The molecule has 0 amide bonds. The molecule has 1 unspecified atom stereocenters. The lowest BCUT2D eigenvalue weighted by Gasteiger charge is -2.29. The summed E-state index contributed by atoms with van der Waals surface area (Å²) in [6.07, 6.45) is 3.91. The Morgan fingerprint density at radius 1 is 1.06 bits per heavy atom. The summed E-state index contributed by atoms with van der Waals surface area (Å²) >= 11 is 0. The molecule has 1 saturated heterocycles. The molecular weight excluding hydrogens is 435 g/mol. The van der Waals surface area contributed by atoms with Crippen LogP contribution in [-0.2, 0) is 7.05 Å². The first-order valence-corrected chi connectivity index (χ1v) is 11.4. The summed E-state index contributed by atoms with van der Waals surface area (Å²) < 4.78 is 26.2. The zero-order chi connectivity index (χ0) is 24.2. The minimum atomic E-state index is -0.766. The molecule has 8 heteroatoms. The maximum absolute atomic E-state index is 14.0. The highest BCUT2D eigenvalue weighted by molar-refractivity contribution is 6.02. The first kappa shape index (κ1) is 23.8. The molecule has 7 nitrogen and oxygen atoms in total. The fourth-order valence-electron chi connectivity index (χ4n) is 4.47. The summed E-state index contributed by atoms with van der Waals surface area (Å²) in [4.78, 5) is 16.3. The number of nitrogens with one attached hydrogen (secondary N) is 1. The monoisotopic (exact) mass is 466 g/mol. The van der Waals surface area contributed by atoms with Crippen LogP contribution in [0.1, 0.15) is 46.4 Å². The smallest absolute Gasteiger partial charge is 0.210 e. The van der Waals surface area contributed by atoms with E-state index in [0.717, 1.165) is 31.5 Å². The topological polar surface area (TPSA) is 68.6 Å². The quantitative estimate of drug-likeness (QED) is 0.496. The fourth-order valence-corrected chi connectivity index (χ4v) is 4.47. The Bertz CT molecular complexity index is 1120. The first-order valence-electron chi connectivity index (χ1n) is 11.4. The van der Waals surface area contributed by atoms with Crippen LogP contribution in [0.25, 0.3) is 0 Å². The predicted molar refractivity (Wildman–Crippen MR) is 129 cm³/mol. The molecule has 2 aromatic carbocycles. The van der Waals surface area contributed by atoms with Gasteiger partial charge in [0.1, 0.15) is 29.1 Å². The van der Waals surface area contributed by atoms with Crippen molar-refractivity contribution in [1.29, 1.82) is 0 Å². The van der Waals surface area contributed by atoms with E-state index in [9.17, 15) is 9.18 Å². The van der Waals surface area contributed by atoms with Crippen molar-refractivity contribution in [1.82, 2.24) is 14.7 Å². The van der Waals surface area contributed by atoms with E-state index in [2.05, 4.69) is 22.4 Å². The summed E-state index contributed by atoms with van der Waals surface area (Å²) in [5.41, 5.74) is 2.72. The third-order valence-electron chi connectivity index (χ3n) is 6.38. The predicted octanol–water partition coefficient (Wildman–Crippen LogP) is 4.42. The summed E-state index contributed by atoms with van der Waals surface area (Å²) in [6.45, 7) is 1.97. The van der Waals surface area contributed by atoms with E-state index in [0.29, 0.717) is 28.4 Å². The van der Waals surface area contributed by atoms with Gasteiger partial charge in [0.15, 0.2) is 0 Å². The Labute approximate surface area is 199 Å². The molecule has 180 valence electrons. The molecule has 1 fully saturated rings. The number of hydrogen-bond acceptors (Lipinski definition) is 6. The molecular formula is C26H31FN4O3. The number of benzene rings is 2. The molecule has 0 saturated carbocycles. The number of anilines is 1. The number of ketones is 1. The number of hydrogen-bond donors (Lipinski definition) is 1. The molecule has 0 radical (unpaired) electrons. The molecule has 1 atom stereocenters. The lowest BCUT2D eigenvalue weighted by Crippen LogP contribution is -2.30. The van der Waals surface area contributed by atoms with Crippen LogP contribution in [0.3, 0.4) is 0 Å². The molecule has 1 aromatic heterocycles. The summed E-state index contributed by atoms with van der Waals surface area (Å²) in [5, 5.41) is 7.89. The van der Waals surface area contributed by atoms with Gasteiger partial charge in [-0.2, -0.15) is 5.10 Å². The van der Waals surface area contributed by atoms with Gasteiger partial charge in [-0.3, -0.25) is 9.48 Å². The molecule has 0 spiro atoms. The van der Waals surface area contributed by atoms with Gasteiger partial charge in [-0.25, -0.2) is 4.39 Å². The number of halogens is 1. The standard InChI is InChI=1S/C26H31FN4O3/c1-30-11-9-17(10-12-30)23-16-31(2)29-25(23)26(32)24(18-5-7-19(27)8-6-18)28-20-13-21(33-3)15-22(14-20)34-4/h5-8,13-17,24,28H,9-12H2,1-4H3. The van der Waals surface area contributed by atoms with Crippen molar-refractivity contribution in [3.05, 3.63) is 71.3 Å². The van der Waals surface area contributed by atoms with Gasteiger partial charge in [-0.05, 0) is 56.6 Å². The SMILES string of the molecule is COc1cc(NC(C(=O)c2nn(C)cc2C2CCN(C)CC2)c2ccc(F)cc2)cc(OC)c1. The van der Waals surface area contributed by atoms with Gasteiger partial charge < -0.3 is 19.7 Å². The van der Waals surface area contributed by atoms with Crippen LogP contribution < -0.4 is 14.8 Å². The van der Waals surface area contributed by atoms with E-state index in [-0.39, 0.29) is 17.5 Å². The molecule has 1 aliphatic heterocycles. The highest BCUT2D eigenvalue weighted by atomic mass is 19.1. The summed E-state index contributed by atoms with van der Waals surface area (Å²) in [7, 11) is 7.09. The minimum Gasteiger partial charge on any atom is -0.497 e. The van der Waals surface area contributed by atoms with Gasteiger partial charge in [0.25, 0.3) is 0 Å². The number of ether oxygens (including phenoxy) is 2. The third-order valence-corrected chi connectivity index (χ3v) is 6.38. The minimum absolute atomic E-state index is 0.164. The number of rotatable bonds is 8. The molecule has 34 heavy (non-hydrogen) atoms. The van der Waals surface area contributed by atoms with Crippen LogP contribution in [0.4, 0.5) is 10.1 Å². The van der Waals surface area contributed by atoms with Crippen LogP contribution >= 0.6 is 0 Å². The Balaban J connectivity index is 1.72. The van der Waals surface area contributed by atoms with E-state index in [1.165, 1.54) is 12.1 Å². The summed E-state index contributed by atoms with van der Waals surface area (Å²) in [6, 6.07) is 10.6. The number of piperidine rings is 1. The number of likely N-dealkylation sites (tertiary alicyclic amines) is 1. The number of methoxy groups -OCH3 is 2. The maximum atomic E-state index is 14.0. The summed E-state index contributed by atoms with van der Waals surface area (Å²) in [5.74, 6) is 0.939. The average molecular weight is 467 g/mol. The number of nitrogens with zero attached hydrogens (tertiary/aromatic N) is 3. The molecule has 4 rings (SSSR count).